The van der Waals surface area contributed by atoms with Crippen molar-refractivity contribution >= 4 is 0 Å². The summed E-state index contributed by atoms with van der Waals surface area (Å²) in [7, 11) is 0. The summed E-state index contributed by atoms with van der Waals surface area (Å²) in [5.41, 5.74) is 0.705. The Hall–Kier alpha value is -0.120. The highest BCUT2D eigenvalue weighted by Gasteiger charge is 2.43. The van der Waals surface area contributed by atoms with Gasteiger partial charge in [0.1, 0.15) is 0 Å². The van der Waals surface area contributed by atoms with Gasteiger partial charge < -0.3 is 14.8 Å². The van der Waals surface area contributed by atoms with Crippen LogP contribution in [0.3, 0.4) is 0 Å². The fourth-order valence-electron chi connectivity index (χ4n) is 3.26. The monoisotopic (exact) mass is 239 g/mol. The lowest BCUT2D eigenvalue weighted by Crippen LogP contribution is -2.48. The molecule has 0 bridgehead atoms. The third-order valence-electron chi connectivity index (χ3n) is 5.03. The van der Waals surface area contributed by atoms with Crippen LogP contribution in [0.2, 0.25) is 0 Å². The fourth-order valence-corrected chi connectivity index (χ4v) is 3.26. The van der Waals surface area contributed by atoms with Gasteiger partial charge in [-0.2, -0.15) is 0 Å². The summed E-state index contributed by atoms with van der Waals surface area (Å²) in [5, 5.41) is 3.79. The van der Waals surface area contributed by atoms with Crippen molar-refractivity contribution in [3.63, 3.8) is 0 Å². The zero-order valence-electron chi connectivity index (χ0n) is 11.0. The minimum Gasteiger partial charge on any atom is -0.378 e. The maximum atomic E-state index is 5.97. The van der Waals surface area contributed by atoms with Gasteiger partial charge in [0.05, 0.1) is 12.2 Å². The number of nitrogens with one attached hydrogen (secondary N) is 1. The summed E-state index contributed by atoms with van der Waals surface area (Å²) in [6.45, 7) is 6.13. The van der Waals surface area contributed by atoms with Crippen molar-refractivity contribution in [3.05, 3.63) is 0 Å². The molecule has 3 rings (SSSR count). The van der Waals surface area contributed by atoms with Crippen LogP contribution >= 0.6 is 0 Å². The Balaban J connectivity index is 1.50. The molecule has 2 atom stereocenters. The molecule has 0 amide bonds. The Morgan fingerprint density at radius 3 is 2.76 bits per heavy atom. The zero-order valence-corrected chi connectivity index (χ0v) is 11.0. The number of hydrogen-bond acceptors (Lipinski definition) is 3. The molecule has 2 unspecified atom stereocenters. The van der Waals surface area contributed by atoms with Crippen molar-refractivity contribution in [1.82, 2.24) is 5.32 Å². The van der Waals surface area contributed by atoms with E-state index in [2.05, 4.69) is 12.2 Å². The first-order valence-corrected chi connectivity index (χ1v) is 7.21. The number of ether oxygens (including phenoxy) is 2. The van der Waals surface area contributed by atoms with E-state index in [-0.39, 0.29) is 5.60 Å². The van der Waals surface area contributed by atoms with Gasteiger partial charge in [-0.1, -0.05) is 6.92 Å². The maximum absolute atomic E-state index is 5.97. The molecule has 2 aliphatic heterocycles. The molecule has 1 saturated carbocycles. The fraction of sp³-hybridized carbons (Fsp3) is 1.00. The van der Waals surface area contributed by atoms with Crippen LogP contribution in [0.15, 0.2) is 0 Å². The van der Waals surface area contributed by atoms with E-state index < -0.39 is 0 Å². The molecule has 0 radical (unpaired) electrons. The molecule has 3 nitrogen and oxygen atoms in total. The van der Waals surface area contributed by atoms with Crippen LogP contribution < -0.4 is 5.32 Å². The van der Waals surface area contributed by atoms with E-state index in [9.17, 15) is 0 Å². The quantitative estimate of drug-likeness (QED) is 0.815. The molecule has 3 aliphatic rings. The third kappa shape index (κ3) is 2.51. The number of hydrogen-bond donors (Lipinski definition) is 1. The van der Waals surface area contributed by atoms with Gasteiger partial charge in [0.25, 0.3) is 0 Å². The Morgan fingerprint density at radius 2 is 2.12 bits per heavy atom. The minimum absolute atomic E-state index is 0.0544. The summed E-state index contributed by atoms with van der Waals surface area (Å²) >= 11 is 0. The van der Waals surface area contributed by atoms with Gasteiger partial charge in [0, 0.05) is 32.2 Å². The molecule has 3 heteroatoms. The van der Waals surface area contributed by atoms with E-state index in [1.54, 1.807) is 0 Å². The first-order valence-electron chi connectivity index (χ1n) is 7.21. The van der Waals surface area contributed by atoms with E-state index in [1.165, 1.54) is 32.2 Å². The van der Waals surface area contributed by atoms with Crippen LogP contribution in [0.4, 0.5) is 0 Å². The van der Waals surface area contributed by atoms with E-state index in [0.717, 1.165) is 32.7 Å². The Morgan fingerprint density at radius 1 is 1.24 bits per heavy atom. The highest BCUT2D eigenvalue weighted by molar-refractivity contribution is 4.97. The van der Waals surface area contributed by atoms with Crippen LogP contribution in [-0.2, 0) is 9.47 Å². The van der Waals surface area contributed by atoms with Gasteiger partial charge in [-0.15, -0.1) is 0 Å². The molecule has 17 heavy (non-hydrogen) atoms. The molecule has 1 aliphatic carbocycles. The first-order chi connectivity index (χ1) is 8.26. The predicted molar refractivity (Wildman–Crippen MR) is 67.1 cm³/mol. The largest absolute Gasteiger partial charge is 0.378 e. The molecule has 3 fully saturated rings. The lowest BCUT2D eigenvalue weighted by molar-refractivity contribution is -0.0896. The molecule has 2 heterocycles. The van der Waals surface area contributed by atoms with Crippen molar-refractivity contribution in [1.29, 1.82) is 0 Å². The second kappa shape index (κ2) is 4.52. The predicted octanol–water partition coefficient (Wildman–Crippen LogP) is 2.10. The Bertz CT molecular complexity index is 269. The molecule has 0 aromatic rings. The smallest absolute Gasteiger partial charge is 0.0951 e. The summed E-state index contributed by atoms with van der Waals surface area (Å²) in [6, 6.07) is 0.648. The van der Waals surface area contributed by atoms with Crippen LogP contribution in [0.25, 0.3) is 0 Å². The maximum Gasteiger partial charge on any atom is 0.0951 e. The van der Waals surface area contributed by atoms with Gasteiger partial charge in [0.2, 0.25) is 0 Å². The van der Waals surface area contributed by atoms with Gasteiger partial charge in [-0.3, -0.25) is 0 Å². The molecule has 1 N–H and O–H groups in total. The number of rotatable bonds is 4. The van der Waals surface area contributed by atoms with Crippen molar-refractivity contribution in [3.8, 4) is 0 Å². The minimum atomic E-state index is 0.0544. The van der Waals surface area contributed by atoms with E-state index in [4.69, 9.17) is 9.47 Å². The SMILES string of the molecule is CCC1(CNC2CCOC3(CCOC3)C2)CC1. The second-order valence-electron chi connectivity index (χ2n) is 6.26. The second-order valence-corrected chi connectivity index (χ2v) is 6.26. The summed E-state index contributed by atoms with van der Waals surface area (Å²) < 4.78 is 11.5. The highest BCUT2D eigenvalue weighted by atomic mass is 16.6. The molecule has 2 saturated heterocycles. The standard InChI is InChI=1S/C14H25NO2/c1-2-13(4-5-13)10-15-12-3-7-17-14(9-12)6-8-16-11-14/h12,15H,2-11H2,1H3. The Kier molecular flexibility index (Phi) is 3.18. The van der Waals surface area contributed by atoms with Crippen LogP contribution in [0.1, 0.15) is 45.4 Å². The van der Waals surface area contributed by atoms with Crippen LogP contribution in [0, 0.1) is 5.41 Å². The summed E-state index contributed by atoms with van der Waals surface area (Å²) in [5.74, 6) is 0. The molecule has 1 spiro atoms. The molecular formula is C14H25NO2. The van der Waals surface area contributed by atoms with Gasteiger partial charge >= 0.3 is 0 Å². The van der Waals surface area contributed by atoms with E-state index in [0.29, 0.717) is 11.5 Å². The van der Waals surface area contributed by atoms with Gasteiger partial charge in [-0.25, -0.2) is 0 Å². The Labute approximate surface area is 104 Å². The molecular weight excluding hydrogens is 214 g/mol. The first kappa shape index (κ1) is 11.9. The third-order valence-corrected chi connectivity index (χ3v) is 5.03. The summed E-state index contributed by atoms with van der Waals surface area (Å²) in [6.07, 6.45) is 7.58. The zero-order chi connectivity index (χ0) is 11.8. The lowest BCUT2D eigenvalue weighted by atomic mass is 9.89. The topological polar surface area (TPSA) is 30.5 Å². The van der Waals surface area contributed by atoms with Crippen molar-refractivity contribution in [2.45, 2.75) is 57.1 Å². The lowest BCUT2D eigenvalue weighted by Gasteiger charge is -2.38. The van der Waals surface area contributed by atoms with Gasteiger partial charge in [0.15, 0.2) is 0 Å². The average molecular weight is 239 g/mol. The molecule has 98 valence electrons. The highest BCUT2D eigenvalue weighted by Crippen LogP contribution is 2.48. The van der Waals surface area contributed by atoms with Gasteiger partial charge in [-0.05, 0) is 37.5 Å². The van der Waals surface area contributed by atoms with Crippen molar-refractivity contribution in [2.24, 2.45) is 5.41 Å². The normalized spacial score (nSPS) is 39.7. The average Bonchev–Trinajstić information content (AvgIpc) is 3.03. The van der Waals surface area contributed by atoms with Crippen LogP contribution in [0.5, 0.6) is 0 Å². The van der Waals surface area contributed by atoms with E-state index in [1.807, 2.05) is 0 Å². The van der Waals surface area contributed by atoms with E-state index >= 15 is 0 Å². The molecule has 0 aromatic carbocycles. The van der Waals surface area contributed by atoms with Crippen molar-refractivity contribution < 1.29 is 9.47 Å². The van der Waals surface area contributed by atoms with Crippen molar-refractivity contribution in [2.75, 3.05) is 26.4 Å². The van der Waals surface area contributed by atoms with Crippen LogP contribution in [-0.4, -0.2) is 38.0 Å². The molecule has 0 aromatic heterocycles. The summed E-state index contributed by atoms with van der Waals surface area (Å²) in [4.78, 5) is 0.